The van der Waals surface area contributed by atoms with Gasteiger partial charge in [0.2, 0.25) is 0 Å². The number of rotatable bonds is 3. The van der Waals surface area contributed by atoms with Crippen molar-refractivity contribution in [2.45, 2.75) is 6.92 Å². The number of phenolic OH excluding ortho intramolecular Hbond substituents is 1. The molecule has 0 fully saturated rings. The average molecular weight is 240 g/mol. The van der Waals surface area contributed by atoms with Crippen LogP contribution in [0, 0.1) is 0 Å². The van der Waals surface area contributed by atoms with E-state index in [1.165, 1.54) is 17.0 Å². The van der Waals surface area contributed by atoms with Crippen LogP contribution in [0.2, 0.25) is 5.02 Å². The van der Waals surface area contributed by atoms with E-state index in [0.717, 1.165) is 5.57 Å². The number of hydrogen-bond acceptors (Lipinski definition) is 2. The molecule has 0 bridgehead atoms. The zero-order valence-electron chi connectivity index (χ0n) is 9.33. The third-order valence-corrected chi connectivity index (χ3v) is 2.28. The first-order chi connectivity index (χ1) is 7.41. The van der Waals surface area contributed by atoms with Crippen LogP contribution in [-0.4, -0.2) is 29.5 Å². The van der Waals surface area contributed by atoms with Crippen LogP contribution in [0.1, 0.15) is 17.3 Å². The average Bonchev–Trinajstić information content (AvgIpc) is 2.15. The van der Waals surface area contributed by atoms with Crippen molar-refractivity contribution < 1.29 is 9.90 Å². The van der Waals surface area contributed by atoms with Gasteiger partial charge in [0.05, 0.1) is 5.56 Å². The van der Waals surface area contributed by atoms with Crippen molar-refractivity contribution in [3.63, 3.8) is 0 Å². The molecule has 0 aromatic heterocycles. The molecule has 4 heteroatoms. The molecule has 0 spiro atoms. The van der Waals surface area contributed by atoms with E-state index in [9.17, 15) is 9.90 Å². The van der Waals surface area contributed by atoms with Gasteiger partial charge in [-0.2, -0.15) is 0 Å². The van der Waals surface area contributed by atoms with Gasteiger partial charge in [-0.25, -0.2) is 0 Å². The summed E-state index contributed by atoms with van der Waals surface area (Å²) in [6, 6.07) is 4.43. The lowest BCUT2D eigenvalue weighted by Gasteiger charge is -2.17. The van der Waals surface area contributed by atoms with E-state index in [1.54, 1.807) is 13.1 Å². The molecule has 1 aromatic rings. The Morgan fingerprint density at radius 2 is 2.19 bits per heavy atom. The van der Waals surface area contributed by atoms with Crippen LogP contribution in [0.5, 0.6) is 5.75 Å². The molecule has 16 heavy (non-hydrogen) atoms. The molecule has 1 N–H and O–H groups in total. The van der Waals surface area contributed by atoms with E-state index in [0.29, 0.717) is 11.6 Å². The van der Waals surface area contributed by atoms with Gasteiger partial charge in [0.1, 0.15) is 5.75 Å². The number of nitrogens with zero attached hydrogens (tertiary/aromatic N) is 1. The lowest BCUT2D eigenvalue weighted by Crippen LogP contribution is -2.28. The maximum Gasteiger partial charge on any atom is 0.257 e. The molecule has 1 aromatic carbocycles. The van der Waals surface area contributed by atoms with Crippen LogP contribution < -0.4 is 0 Å². The van der Waals surface area contributed by atoms with Crippen LogP contribution in [0.25, 0.3) is 0 Å². The van der Waals surface area contributed by atoms with Crippen LogP contribution in [0.3, 0.4) is 0 Å². The van der Waals surface area contributed by atoms with Gasteiger partial charge in [0.25, 0.3) is 5.91 Å². The van der Waals surface area contributed by atoms with Crippen LogP contribution in [0.4, 0.5) is 0 Å². The Bertz CT molecular complexity index is 429. The predicted molar refractivity (Wildman–Crippen MR) is 64.9 cm³/mol. The first kappa shape index (κ1) is 12.6. The van der Waals surface area contributed by atoms with Gasteiger partial charge in [-0.05, 0) is 25.1 Å². The number of carbonyl (C=O) groups is 1. The summed E-state index contributed by atoms with van der Waals surface area (Å²) >= 11 is 5.69. The Hall–Kier alpha value is -1.48. The minimum Gasteiger partial charge on any atom is -0.507 e. The highest BCUT2D eigenvalue weighted by Crippen LogP contribution is 2.23. The van der Waals surface area contributed by atoms with E-state index in [2.05, 4.69) is 6.58 Å². The molecule has 0 unspecified atom stereocenters. The number of halogens is 1. The number of aromatic hydroxyl groups is 1. The lowest BCUT2D eigenvalue weighted by atomic mass is 10.1. The summed E-state index contributed by atoms with van der Waals surface area (Å²) in [4.78, 5) is 13.4. The van der Waals surface area contributed by atoms with Gasteiger partial charge >= 0.3 is 0 Å². The van der Waals surface area contributed by atoms with E-state index < -0.39 is 0 Å². The summed E-state index contributed by atoms with van der Waals surface area (Å²) in [5.74, 6) is -0.358. The van der Waals surface area contributed by atoms with Crippen molar-refractivity contribution in [3.8, 4) is 5.75 Å². The van der Waals surface area contributed by atoms with E-state index >= 15 is 0 Å². The number of benzene rings is 1. The first-order valence-corrected chi connectivity index (χ1v) is 5.18. The molecular formula is C12H14ClNO2. The number of likely N-dealkylation sites (N-methyl/N-ethyl adjacent to an activating group) is 1. The number of amides is 1. The van der Waals surface area contributed by atoms with E-state index in [4.69, 9.17) is 11.6 Å². The smallest absolute Gasteiger partial charge is 0.257 e. The quantitative estimate of drug-likeness (QED) is 0.824. The first-order valence-electron chi connectivity index (χ1n) is 4.80. The third kappa shape index (κ3) is 3.00. The topological polar surface area (TPSA) is 40.5 Å². The summed E-state index contributed by atoms with van der Waals surface area (Å²) in [5.41, 5.74) is 1.12. The lowest BCUT2D eigenvalue weighted by molar-refractivity contribution is 0.0804. The second kappa shape index (κ2) is 5.03. The SMILES string of the molecule is C=C(C)CN(C)C(=O)c1ccc(Cl)cc1O. The van der Waals surface area contributed by atoms with E-state index in [1.807, 2.05) is 6.92 Å². The fraction of sp³-hybridized carbons (Fsp3) is 0.250. The molecule has 0 aliphatic carbocycles. The summed E-state index contributed by atoms with van der Waals surface area (Å²) in [5, 5.41) is 9.99. The van der Waals surface area contributed by atoms with Crippen molar-refractivity contribution in [2.24, 2.45) is 0 Å². The highest BCUT2D eigenvalue weighted by molar-refractivity contribution is 6.30. The van der Waals surface area contributed by atoms with Crippen molar-refractivity contribution in [1.82, 2.24) is 4.90 Å². The molecule has 3 nitrogen and oxygen atoms in total. The highest BCUT2D eigenvalue weighted by atomic mass is 35.5. The Kier molecular flexibility index (Phi) is 3.96. The zero-order chi connectivity index (χ0) is 12.3. The molecule has 0 radical (unpaired) electrons. The van der Waals surface area contributed by atoms with Crippen molar-refractivity contribution in [2.75, 3.05) is 13.6 Å². The van der Waals surface area contributed by atoms with Gasteiger partial charge in [-0.3, -0.25) is 4.79 Å². The molecule has 0 aliphatic rings. The van der Waals surface area contributed by atoms with Gasteiger partial charge in [-0.15, -0.1) is 0 Å². The van der Waals surface area contributed by atoms with Gasteiger partial charge in [0.15, 0.2) is 0 Å². The van der Waals surface area contributed by atoms with Gasteiger partial charge < -0.3 is 10.0 Å². The zero-order valence-corrected chi connectivity index (χ0v) is 10.1. The molecule has 1 rings (SSSR count). The predicted octanol–water partition coefficient (Wildman–Crippen LogP) is 2.69. The normalized spacial score (nSPS) is 9.94. The molecule has 0 heterocycles. The Morgan fingerprint density at radius 1 is 1.56 bits per heavy atom. The maximum absolute atomic E-state index is 11.9. The second-order valence-corrected chi connectivity index (χ2v) is 4.22. The minimum atomic E-state index is -0.253. The Labute approximate surface area is 100.0 Å². The third-order valence-electron chi connectivity index (χ3n) is 2.04. The molecule has 1 amide bonds. The largest absolute Gasteiger partial charge is 0.507 e. The second-order valence-electron chi connectivity index (χ2n) is 3.78. The number of carbonyl (C=O) groups excluding carboxylic acids is 1. The van der Waals surface area contributed by atoms with Crippen LogP contribution >= 0.6 is 11.6 Å². The number of hydrogen-bond donors (Lipinski definition) is 1. The fourth-order valence-electron chi connectivity index (χ4n) is 1.37. The maximum atomic E-state index is 11.9. The summed E-state index contributed by atoms with van der Waals surface area (Å²) in [6.07, 6.45) is 0. The van der Waals surface area contributed by atoms with Crippen molar-refractivity contribution >= 4 is 17.5 Å². The van der Waals surface area contributed by atoms with Crippen LogP contribution in [-0.2, 0) is 0 Å². The molecule has 0 atom stereocenters. The highest BCUT2D eigenvalue weighted by Gasteiger charge is 2.15. The molecule has 86 valence electrons. The van der Waals surface area contributed by atoms with Crippen LogP contribution in [0.15, 0.2) is 30.4 Å². The Morgan fingerprint density at radius 3 is 2.69 bits per heavy atom. The Balaban J connectivity index is 2.92. The van der Waals surface area contributed by atoms with Gasteiger partial charge in [-0.1, -0.05) is 23.8 Å². The summed E-state index contributed by atoms with van der Waals surface area (Å²) in [6.45, 7) is 6.03. The molecule has 0 saturated heterocycles. The monoisotopic (exact) mass is 239 g/mol. The van der Waals surface area contributed by atoms with Gasteiger partial charge in [0, 0.05) is 18.6 Å². The minimum absolute atomic E-state index is 0.105. The standard InChI is InChI=1S/C12H14ClNO2/c1-8(2)7-14(3)12(16)10-5-4-9(13)6-11(10)15/h4-6,15H,1,7H2,2-3H3. The number of phenols is 1. The van der Waals surface area contributed by atoms with Crippen molar-refractivity contribution in [3.05, 3.63) is 40.9 Å². The van der Waals surface area contributed by atoms with Crippen molar-refractivity contribution in [1.29, 1.82) is 0 Å². The molecular weight excluding hydrogens is 226 g/mol. The molecule has 0 aliphatic heterocycles. The fourth-order valence-corrected chi connectivity index (χ4v) is 1.53. The van der Waals surface area contributed by atoms with E-state index in [-0.39, 0.29) is 17.2 Å². The molecule has 0 saturated carbocycles. The summed E-state index contributed by atoms with van der Waals surface area (Å²) in [7, 11) is 1.66. The summed E-state index contributed by atoms with van der Waals surface area (Å²) < 4.78 is 0.